The summed E-state index contributed by atoms with van der Waals surface area (Å²) >= 11 is 5.68. The van der Waals surface area contributed by atoms with E-state index in [-0.39, 0.29) is 0 Å². The molecule has 0 unspecified atom stereocenters. The van der Waals surface area contributed by atoms with Gasteiger partial charge < -0.3 is 5.43 Å². The minimum atomic E-state index is 0.385. The van der Waals surface area contributed by atoms with Gasteiger partial charge in [-0.2, -0.15) is 0 Å². The van der Waals surface area contributed by atoms with E-state index >= 15 is 0 Å². The highest BCUT2D eigenvalue weighted by atomic mass is 35.5. The van der Waals surface area contributed by atoms with Crippen LogP contribution in [-0.4, -0.2) is 15.0 Å². The molecule has 0 aliphatic carbocycles. The fourth-order valence-electron chi connectivity index (χ4n) is 0.944. The van der Waals surface area contributed by atoms with Crippen molar-refractivity contribution in [1.82, 2.24) is 15.0 Å². The van der Waals surface area contributed by atoms with E-state index in [1.807, 2.05) is 0 Å². The van der Waals surface area contributed by atoms with Crippen molar-refractivity contribution >= 4 is 28.6 Å². The summed E-state index contributed by atoms with van der Waals surface area (Å²) in [7, 11) is 0. The van der Waals surface area contributed by atoms with E-state index in [1.165, 1.54) is 6.20 Å². The van der Waals surface area contributed by atoms with E-state index in [1.54, 1.807) is 12.1 Å². The van der Waals surface area contributed by atoms with Crippen molar-refractivity contribution in [3.05, 3.63) is 23.5 Å². The molecule has 0 aliphatic rings. The number of nitrogens with zero attached hydrogens (tertiary/aromatic N) is 3. The molecule has 0 amide bonds. The highest BCUT2D eigenvalue weighted by Gasteiger charge is 1.99. The zero-order valence-corrected chi connectivity index (χ0v) is 7.28. The van der Waals surface area contributed by atoms with Crippen molar-refractivity contribution in [3.8, 4) is 0 Å². The fourth-order valence-corrected chi connectivity index (χ4v) is 1.09. The molecule has 2 aromatic rings. The first-order valence-corrected chi connectivity index (χ1v) is 3.93. The molecular formula is C7H6ClN5. The van der Waals surface area contributed by atoms with Crippen LogP contribution < -0.4 is 11.3 Å². The minimum Gasteiger partial charge on any atom is -0.307 e. The van der Waals surface area contributed by atoms with Crippen LogP contribution in [-0.2, 0) is 0 Å². The number of nitrogens with one attached hydrogen (secondary N) is 1. The highest BCUT2D eigenvalue weighted by Crippen LogP contribution is 2.12. The quantitative estimate of drug-likeness (QED) is 0.403. The van der Waals surface area contributed by atoms with Gasteiger partial charge in [-0.15, -0.1) is 0 Å². The van der Waals surface area contributed by atoms with Gasteiger partial charge in [0, 0.05) is 0 Å². The lowest BCUT2D eigenvalue weighted by Crippen LogP contribution is -2.09. The molecule has 13 heavy (non-hydrogen) atoms. The molecule has 2 heterocycles. The predicted molar refractivity (Wildman–Crippen MR) is 50.2 cm³/mol. The van der Waals surface area contributed by atoms with E-state index in [0.717, 1.165) is 0 Å². The van der Waals surface area contributed by atoms with Gasteiger partial charge in [0.25, 0.3) is 0 Å². The Morgan fingerprint density at radius 1 is 1.31 bits per heavy atom. The maximum absolute atomic E-state index is 5.68. The van der Waals surface area contributed by atoms with Gasteiger partial charge in [-0.25, -0.2) is 20.8 Å². The Morgan fingerprint density at radius 2 is 2.15 bits per heavy atom. The monoisotopic (exact) mass is 195 g/mol. The van der Waals surface area contributed by atoms with Gasteiger partial charge in [-0.05, 0) is 12.1 Å². The second-order valence-corrected chi connectivity index (χ2v) is 2.76. The molecular weight excluding hydrogens is 190 g/mol. The molecule has 0 bridgehead atoms. The molecule has 6 heteroatoms. The molecule has 0 aromatic carbocycles. The van der Waals surface area contributed by atoms with E-state index in [4.69, 9.17) is 17.4 Å². The predicted octanol–water partition coefficient (Wildman–Crippen LogP) is 0.964. The Labute approximate surface area is 78.9 Å². The van der Waals surface area contributed by atoms with Gasteiger partial charge in [0.15, 0.2) is 11.5 Å². The smallest absolute Gasteiger partial charge is 0.181 e. The van der Waals surface area contributed by atoms with E-state index < -0.39 is 0 Å². The summed E-state index contributed by atoms with van der Waals surface area (Å²) in [6.07, 6.45) is 1.53. The van der Waals surface area contributed by atoms with Crippen LogP contribution in [0.3, 0.4) is 0 Å². The molecule has 0 saturated carbocycles. The van der Waals surface area contributed by atoms with E-state index in [2.05, 4.69) is 20.4 Å². The van der Waals surface area contributed by atoms with Gasteiger partial charge in [0.2, 0.25) is 0 Å². The largest absolute Gasteiger partial charge is 0.307 e. The third-order valence-electron chi connectivity index (χ3n) is 1.52. The number of anilines is 1. The molecule has 2 rings (SSSR count). The van der Waals surface area contributed by atoms with Crippen LogP contribution in [0.25, 0.3) is 11.2 Å². The lowest BCUT2D eigenvalue weighted by Gasteiger charge is -1.99. The van der Waals surface area contributed by atoms with Gasteiger partial charge in [-0.3, -0.25) is 0 Å². The Kier molecular flexibility index (Phi) is 1.96. The lowest BCUT2D eigenvalue weighted by atomic mass is 10.4. The number of halogens is 1. The van der Waals surface area contributed by atoms with Crippen LogP contribution in [0.5, 0.6) is 0 Å². The molecule has 0 saturated heterocycles. The average molecular weight is 196 g/mol. The van der Waals surface area contributed by atoms with Crippen molar-refractivity contribution in [1.29, 1.82) is 0 Å². The Bertz CT molecular complexity index is 444. The minimum absolute atomic E-state index is 0.385. The van der Waals surface area contributed by atoms with Crippen LogP contribution in [0, 0.1) is 0 Å². The summed E-state index contributed by atoms with van der Waals surface area (Å²) in [5.74, 6) is 5.63. The van der Waals surface area contributed by atoms with Crippen molar-refractivity contribution in [2.75, 3.05) is 5.43 Å². The number of hydrogen-bond acceptors (Lipinski definition) is 5. The van der Waals surface area contributed by atoms with Crippen LogP contribution in [0.15, 0.2) is 18.3 Å². The number of nitrogen functional groups attached to an aromatic ring is 1. The van der Waals surface area contributed by atoms with E-state index in [9.17, 15) is 0 Å². The molecule has 0 aliphatic heterocycles. The van der Waals surface area contributed by atoms with Crippen molar-refractivity contribution < 1.29 is 0 Å². The van der Waals surface area contributed by atoms with Gasteiger partial charge >= 0.3 is 0 Å². The van der Waals surface area contributed by atoms with Crippen LogP contribution in [0.4, 0.5) is 5.82 Å². The van der Waals surface area contributed by atoms with Gasteiger partial charge in [0.1, 0.15) is 10.7 Å². The summed E-state index contributed by atoms with van der Waals surface area (Å²) in [4.78, 5) is 12.1. The SMILES string of the molecule is NNc1cnc2ccc(Cl)nc2n1. The Morgan fingerprint density at radius 3 is 2.92 bits per heavy atom. The Hall–Kier alpha value is -1.46. The average Bonchev–Trinajstić information content (AvgIpc) is 2.16. The number of pyridine rings is 1. The highest BCUT2D eigenvalue weighted by molar-refractivity contribution is 6.29. The zero-order chi connectivity index (χ0) is 9.26. The van der Waals surface area contributed by atoms with Crippen LogP contribution in [0.1, 0.15) is 0 Å². The first-order chi connectivity index (χ1) is 6.29. The van der Waals surface area contributed by atoms with Crippen molar-refractivity contribution in [2.45, 2.75) is 0 Å². The number of aromatic nitrogens is 3. The number of hydrogen-bond donors (Lipinski definition) is 2. The number of fused-ring (bicyclic) bond motifs is 1. The summed E-state index contributed by atoms with van der Waals surface area (Å²) in [6, 6.07) is 3.41. The van der Waals surface area contributed by atoms with E-state index in [0.29, 0.717) is 22.1 Å². The second kappa shape index (κ2) is 3.12. The standard InChI is InChI=1S/C7H6ClN5/c8-5-2-1-4-7(11-5)12-6(13-9)3-10-4/h1-3H,9H2,(H,11,12,13). The third kappa shape index (κ3) is 1.51. The molecule has 0 fully saturated rings. The molecule has 0 atom stereocenters. The summed E-state index contributed by atoms with van der Waals surface area (Å²) in [6.45, 7) is 0. The second-order valence-electron chi connectivity index (χ2n) is 2.38. The maximum Gasteiger partial charge on any atom is 0.181 e. The van der Waals surface area contributed by atoms with Crippen LogP contribution >= 0.6 is 11.6 Å². The van der Waals surface area contributed by atoms with Crippen molar-refractivity contribution in [3.63, 3.8) is 0 Å². The van der Waals surface area contributed by atoms with Gasteiger partial charge in [-0.1, -0.05) is 11.6 Å². The Balaban J connectivity index is 2.68. The first-order valence-electron chi connectivity index (χ1n) is 3.55. The summed E-state index contributed by atoms with van der Waals surface area (Å²) in [5, 5.41) is 0.385. The van der Waals surface area contributed by atoms with Crippen LogP contribution in [0.2, 0.25) is 5.15 Å². The molecule has 5 nitrogen and oxygen atoms in total. The number of rotatable bonds is 1. The fraction of sp³-hybridized carbons (Fsp3) is 0. The van der Waals surface area contributed by atoms with Gasteiger partial charge in [0.05, 0.1) is 6.20 Å². The maximum atomic E-state index is 5.68. The molecule has 66 valence electrons. The molecule has 0 spiro atoms. The lowest BCUT2D eigenvalue weighted by molar-refractivity contribution is 1.18. The molecule has 0 radical (unpaired) electrons. The van der Waals surface area contributed by atoms with Crippen molar-refractivity contribution in [2.24, 2.45) is 5.84 Å². The zero-order valence-electron chi connectivity index (χ0n) is 6.53. The summed E-state index contributed by atoms with van der Waals surface area (Å²) in [5.41, 5.74) is 3.54. The molecule has 2 aromatic heterocycles. The number of nitrogens with two attached hydrogens (primary N) is 1. The summed E-state index contributed by atoms with van der Waals surface area (Å²) < 4.78 is 0. The normalized spacial score (nSPS) is 10.3. The third-order valence-corrected chi connectivity index (χ3v) is 1.73. The number of hydrazine groups is 1. The molecule has 3 N–H and O–H groups in total. The first kappa shape index (κ1) is 8.15. The topological polar surface area (TPSA) is 76.7 Å².